The molecule has 0 bridgehead atoms. The van der Waals surface area contributed by atoms with E-state index in [0.29, 0.717) is 5.95 Å². The number of nitrogens with two attached hydrogens (primary N) is 1. The summed E-state index contributed by atoms with van der Waals surface area (Å²) in [5.74, 6) is 0.657. The van der Waals surface area contributed by atoms with Gasteiger partial charge in [-0.3, -0.25) is 0 Å². The van der Waals surface area contributed by atoms with Crippen molar-refractivity contribution >= 4 is 17.0 Å². The number of benzene rings is 1. The topological polar surface area (TPSA) is 43.8 Å². The molecule has 3 rings (SSSR count). The van der Waals surface area contributed by atoms with Crippen LogP contribution >= 0.6 is 0 Å². The minimum Gasteiger partial charge on any atom is -0.369 e. The predicted molar refractivity (Wildman–Crippen MR) is 71.1 cm³/mol. The maximum absolute atomic E-state index is 5.99. The standard InChI is InChI=1S/C14H19N3/c1-2-7-17-13-9-11-6-4-3-5-10(11)8-12(13)16-14(17)15/h8-9H,2-7H2,1H3,(H2,15,16). The average molecular weight is 229 g/mol. The molecular formula is C14H19N3. The van der Waals surface area contributed by atoms with Gasteiger partial charge in [0.2, 0.25) is 5.95 Å². The number of rotatable bonds is 2. The zero-order chi connectivity index (χ0) is 11.8. The summed E-state index contributed by atoms with van der Waals surface area (Å²) in [6, 6.07) is 4.55. The van der Waals surface area contributed by atoms with Crippen molar-refractivity contribution in [2.45, 2.75) is 45.6 Å². The number of anilines is 1. The van der Waals surface area contributed by atoms with E-state index in [9.17, 15) is 0 Å². The van der Waals surface area contributed by atoms with Crippen molar-refractivity contribution in [2.75, 3.05) is 5.73 Å². The minimum atomic E-state index is 0.657. The zero-order valence-electron chi connectivity index (χ0n) is 10.4. The van der Waals surface area contributed by atoms with Crippen molar-refractivity contribution in [3.05, 3.63) is 23.3 Å². The van der Waals surface area contributed by atoms with Crippen LogP contribution in [-0.2, 0) is 19.4 Å². The van der Waals surface area contributed by atoms with Crippen LogP contribution in [0.4, 0.5) is 5.95 Å². The lowest BCUT2D eigenvalue weighted by molar-refractivity contribution is 0.683. The first-order valence-corrected chi connectivity index (χ1v) is 6.57. The first-order valence-electron chi connectivity index (χ1n) is 6.57. The lowest BCUT2D eigenvalue weighted by Gasteiger charge is -2.15. The van der Waals surface area contributed by atoms with E-state index in [2.05, 4.69) is 28.6 Å². The first kappa shape index (κ1) is 10.6. The molecule has 3 heteroatoms. The van der Waals surface area contributed by atoms with Gasteiger partial charge in [0.15, 0.2) is 0 Å². The highest BCUT2D eigenvalue weighted by molar-refractivity contribution is 5.80. The third-order valence-corrected chi connectivity index (χ3v) is 3.69. The maximum Gasteiger partial charge on any atom is 0.201 e. The molecule has 0 saturated heterocycles. The smallest absolute Gasteiger partial charge is 0.201 e. The van der Waals surface area contributed by atoms with Gasteiger partial charge >= 0.3 is 0 Å². The number of aryl methyl sites for hydroxylation is 3. The Morgan fingerprint density at radius 1 is 1.24 bits per heavy atom. The molecule has 0 atom stereocenters. The zero-order valence-corrected chi connectivity index (χ0v) is 10.4. The second-order valence-electron chi connectivity index (χ2n) is 4.94. The molecule has 17 heavy (non-hydrogen) atoms. The number of hydrogen-bond donors (Lipinski definition) is 1. The summed E-state index contributed by atoms with van der Waals surface area (Å²) < 4.78 is 2.14. The van der Waals surface area contributed by atoms with Crippen molar-refractivity contribution < 1.29 is 0 Å². The molecule has 0 radical (unpaired) electrons. The van der Waals surface area contributed by atoms with E-state index < -0.39 is 0 Å². The molecule has 1 heterocycles. The van der Waals surface area contributed by atoms with Crippen molar-refractivity contribution in [3.8, 4) is 0 Å². The van der Waals surface area contributed by atoms with Gasteiger partial charge in [-0.15, -0.1) is 0 Å². The third kappa shape index (κ3) is 1.70. The Labute approximate surface area is 102 Å². The van der Waals surface area contributed by atoms with Crippen molar-refractivity contribution in [1.29, 1.82) is 0 Å². The molecule has 0 unspecified atom stereocenters. The summed E-state index contributed by atoms with van der Waals surface area (Å²) in [6.45, 7) is 3.13. The fourth-order valence-electron chi connectivity index (χ4n) is 2.83. The van der Waals surface area contributed by atoms with Crippen LogP contribution in [-0.4, -0.2) is 9.55 Å². The highest BCUT2D eigenvalue weighted by Crippen LogP contribution is 2.27. The molecule has 0 aliphatic heterocycles. The Hall–Kier alpha value is -1.51. The fraction of sp³-hybridized carbons (Fsp3) is 0.500. The van der Waals surface area contributed by atoms with Gasteiger partial charge in [0.25, 0.3) is 0 Å². The molecule has 1 aromatic carbocycles. The monoisotopic (exact) mass is 229 g/mol. The van der Waals surface area contributed by atoms with E-state index in [1.165, 1.54) is 42.3 Å². The van der Waals surface area contributed by atoms with E-state index in [-0.39, 0.29) is 0 Å². The number of aromatic nitrogens is 2. The van der Waals surface area contributed by atoms with E-state index in [1.54, 1.807) is 0 Å². The summed E-state index contributed by atoms with van der Waals surface area (Å²) in [5.41, 5.74) is 11.2. The van der Waals surface area contributed by atoms with Gasteiger partial charge in [0.05, 0.1) is 11.0 Å². The summed E-state index contributed by atoms with van der Waals surface area (Å²) >= 11 is 0. The van der Waals surface area contributed by atoms with Crippen LogP contribution in [0.1, 0.15) is 37.3 Å². The van der Waals surface area contributed by atoms with Gasteiger partial charge in [-0.05, 0) is 55.4 Å². The molecule has 1 aliphatic rings. The SMILES string of the molecule is CCCn1c(N)nc2cc3c(cc21)CCCC3. The molecule has 90 valence electrons. The van der Waals surface area contributed by atoms with Gasteiger partial charge in [-0.1, -0.05) is 6.92 Å². The van der Waals surface area contributed by atoms with Crippen molar-refractivity contribution in [3.63, 3.8) is 0 Å². The average Bonchev–Trinajstić information content (AvgIpc) is 2.63. The number of imidazole rings is 1. The second kappa shape index (κ2) is 4.06. The molecule has 0 fully saturated rings. The number of nitrogens with zero attached hydrogens (tertiary/aromatic N) is 2. The summed E-state index contributed by atoms with van der Waals surface area (Å²) in [6.07, 6.45) is 6.13. The Morgan fingerprint density at radius 3 is 2.65 bits per heavy atom. The third-order valence-electron chi connectivity index (χ3n) is 3.69. The van der Waals surface area contributed by atoms with Crippen LogP contribution < -0.4 is 5.73 Å². The molecule has 1 aromatic heterocycles. The number of hydrogen-bond acceptors (Lipinski definition) is 2. The van der Waals surface area contributed by atoms with Gasteiger partial charge in [0, 0.05) is 6.54 Å². The highest BCUT2D eigenvalue weighted by Gasteiger charge is 2.14. The van der Waals surface area contributed by atoms with Crippen LogP contribution in [0, 0.1) is 0 Å². The molecule has 0 saturated carbocycles. The Balaban J connectivity index is 2.19. The Kier molecular flexibility index (Phi) is 2.54. The van der Waals surface area contributed by atoms with Gasteiger partial charge < -0.3 is 10.3 Å². The summed E-state index contributed by atoms with van der Waals surface area (Å²) in [4.78, 5) is 4.48. The lowest BCUT2D eigenvalue weighted by Crippen LogP contribution is -2.04. The number of fused-ring (bicyclic) bond motifs is 2. The maximum atomic E-state index is 5.99. The van der Waals surface area contributed by atoms with E-state index in [4.69, 9.17) is 5.73 Å². The first-order chi connectivity index (χ1) is 8.29. The normalized spacial score (nSPS) is 15.1. The van der Waals surface area contributed by atoms with Crippen molar-refractivity contribution in [1.82, 2.24) is 9.55 Å². The minimum absolute atomic E-state index is 0.657. The van der Waals surface area contributed by atoms with E-state index in [1.807, 2.05) is 0 Å². The molecule has 1 aliphatic carbocycles. The highest BCUT2D eigenvalue weighted by atomic mass is 15.1. The molecular weight excluding hydrogens is 210 g/mol. The fourth-order valence-corrected chi connectivity index (χ4v) is 2.83. The summed E-state index contributed by atoms with van der Waals surface area (Å²) in [7, 11) is 0. The Bertz CT molecular complexity index is 554. The molecule has 0 amide bonds. The molecule has 2 N–H and O–H groups in total. The predicted octanol–water partition coefficient (Wildman–Crippen LogP) is 2.91. The molecule has 3 nitrogen and oxygen atoms in total. The largest absolute Gasteiger partial charge is 0.369 e. The van der Waals surface area contributed by atoms with Gasteiger partial charge in [0.1, 0.15) is 0 Å². The van der Waals surface area contributed by atoms with Crippen LogP contribution in [0.3, 0.4) is 0 Å². The number of nitrogen functional groups attached to an aromatic ring is 1. The Morgan fingerprint density at radius 2 is 1.94 bits per heavy atom. The lowest BCUT2D eigenvalue weighted by atomic mass is 9.91. The van der Waals surface area contributed by atoms with Crippen molar-refractivity contribution in [2.24, 2.45) is 0 Å². The van der Waals surface area contributed by atoms with Crippen LogP contribution in [0.15, 0.2) is 12.1 Å². The van der Waals surface area contributed by atoms with Crippen LogP contribution in [0.2, 0.25) is 0 Å². The quantitative estimate of drug-likeness (QED) is 0.860. The molecule has 0 spiro atoms. The van der Waals surface area contributed by atoms with Gasteiger partial charge in [-0.2, -0.15) is 0 Å². The van der Waals surface area contributed by atoms with Crippen LogP contribution in [0.25, 0.3) is 11.0 Å². The van der Waals surface area contributed by atoms with Gasteiger partial charge in [-0.25, -0.2) is 4.98 Å². The molecule has 2 aromatic rings. The van der Waals surface area contributed by atoms with Crippen LogP contribution in [0.5, 0.6) is 0 Å². The second-order valence-corrected chi connectivity index (χ2v) is 4.94. The van der Waals surface area contributed by atoms with E-state index >= 15 is 0 Å². The van der Waals surface area contributed by atoms with E-state index in [0.717, 1.165) is 18.5 Å². The summed E-state index contributed by atoms with van der Waals surface area (Å²) in [5, 5.41) is 0.